The lowest BCUT2D eigenvalue weighted by Crippen LogP contribution is -2.08. The van der Waals surface area contributed by atoms with E-state index in [4.69, 9.17) is 4.74 Å². The highest BCUT2D eigenvalue weighted by atomic mass is 32.2. The third-order valence-electron chi connectivity index (χ3n) is 3.14. The standard InChI is InChI=1S/C13H13NO2S3/c1-3-16-12(15)11-8-5-4-7-6-14-19-10(7)9(8)13(17-2)18-11/h6H,3-5H2,1-2H3. The number of aryl methyl sites for hydroxylation is 1. The van der Waals surface area contributed by atoms with Gasteiger partial charge in [-0.05, 0) is 48.7 Å². The van der Waals surface area contributed by atoms with Gasteiger partial charge in [-0.1, -0.05) is 0 Å². The maximum atomic E-state index is 12.1. The van der Waals surface area contributed by atoms with Crippen LogP contribution in [0.2, 0.25) is 0 Å². The largest absolute Gasteiger partial charge is 0.462 e. The smallest absolute Gasteiger partial charge is 0.348 e. The van der Waals surface area contributed by atoms with Crippen LogP contribution in [0.5, 0.6) is 0 Å². The van der Waals surface area contributed by atoms with Gasteiger partial charge in [0.2, 0.25) is 0 Å². The van der Waals surface area contributed by atoms with Crippen LogP contribution in [0.15, 0.2) is 10.4 Å². The summed E-state index contributed by atoms with van der Waals surface area (Å²) in [7, 11) is 0. The summed E-state index contributed by atoms with van der Waals surface area (Å²) in [6, 6.07) is 0. The number of carbonyl (C=O) groups excluding carboxylic acids is 1. The average molecular weight is 311 g/mol. The predicted molar refractivity (Wildman–Crippen MR) is 80.6 cm³/mol. The van der Waals surface area contributed by atoms with Gasteiger partial charge in [-0.3, -0.25) is 0 Å². The Hall–Kier alpha value is -0.850. The second-order valence-electron chi connectivity index (χ2n) is 4.18. The van der Waals surface area contributed by atoms with Crippen molar-refractivity contribution in [1.29, 1.82) is 0 Å². The highest BCUT2D eigenvalue weighted by molar-refractivity contribution is 8.00. The second-order valence-corrected chi connectivity index (χ2v) is 7.07. The summed E-state index contributed by atoms with van der Waals surface area (Å²) in [4.78, 5) is 14.1. The van der Waals surface area contributed by atoms with Crippen molar-refractivity contribution in [2.75, 3.05) is 12.9 Å². The van der Waals surface area contributed by atoms with Crippen LogP contribution < -0.4 is 0 Å². The molecule has 0 saturated carbocycles. The Morgan fingerprint density at radius 1 is 1.53 bits per heavy atom. The lowest BCUT2D eigenvalue weighted by molar-refractivity contribution is 0.0531. The number of fused-ring (bicyclic) bond motifs is 3. The van der Waals surface area contributed by atoms with Crippen LogP contribution in [0.25, 0.3) is 10.4 Å². The van der Waals surface area contributed by atoms with Crippen molar-refractivity contribution >= 4 is 40.6 Å². The van der Waals surface area contributed by atoms with Gasteiger partial charge in [-0.2, -0.15) is 0 Å². The molecule has 0 fully saturated rings. The second kappa shape index (κ2) is 5.26. The van der Waals surface area contributed by atoms with E-state index >= 15 is 0 Å². The first-order chi connectivity index (χ1) is 9.26. The quantitative estimate of drug-likeness (QED) is 0.637. The molecular formula is C13H13NO2S3. The van der Waals surface area contributed by atoms with Gasteiger partial charge in [0.15, 0.2) is 0 Å². The first-order valence-electron chi connectivity index (χ1n) is 6.07. The van der Waals surface area contributed by atoms with Gasteiger partial charge >= 0.3 is 5.97 Å². The Kier molecular flexibility index (Phi) is 3.64. The molecule has 2 aromatic heterocycles. The summed E-state index contributed by atoms with van der Waals surface area (Å²) in [6.07, 6.45) is 5.88. The molecule has 100 valence electrons. The fourth-order valence-electron chi connectivity index (χ4n) is 2.32. The summed E-state index contributed by atoms with van der Waals surface area (Å²) < 4.78 is 10.7. The number of carbonyl (C=O) groups is 1. The molecule has 1 aliphatic carbocycles. The molecule has 0 atom stereocenters. The van der Waals surface area contributed by atoms with Crippen LogP contribution in [0.1, 0.15) is 27.7 Å². The van der Waals surface area contributed by atoms with Gasteiger partial charge in [0.25, 0.3) is 0 Å². The zero-order chi connectivity index (χ0) is 13.4. The number of nitrogens with zero attached hydrogens (tertiary/aromatic N) is 1. The number of ether oxygens (including phenoxy) is 1. The molecule has 1 aliphatic rings. The average Bonchev–Trinajstić information content (AvgIpc) is 3.02. The summed E-state index contributed by atoms with van der Waals surface area (Å²) in [5.74, 6) is -0.183. The van der Waals surface area contributed by atoms with Crippen molar-refractivity contribution in [3.8, 4) is 10.4 Å². The van der Waals surface area contributed by atoms with Gasteiger partial charge in [0.05, 0.1) is 15.7 Å². The van der Waals surface area contributed by atoms with E-state index in [0.29, 0.717) is 6.61 Å². The first kappa shape index (κ1) is 13.1. The number of hydrogen-bond donors (Lipinski definition) is 0. The summed E-state index contributed by atoms with van der Waals surface area (Å²) >= 11 is 4.78. The molecule has 0 unspecified atom stereocenters. The Morgan fingerprint density at radius 3 is 3.11 bits per heavy atom. The Bertz CT molecular complexity index is 630. The van der Waals surface area contributed by atoms with E-state index < -0.39 is 0 Å². The molecule has 0 amide bonds. The van der Waals surface area contributed by atoms with Gasteiger partial charge in [0.1, 0.15) is 4.88 Å². The third-order valence-corrected chi connectivity index (χ3v) is 6.33. The van der Waals surface area contributed by atoms with E-state index in [-0.39, 0.29) is 5.97 Å². The van der Waals surface area contributed by atoms with Gasteiger partial charge < -0.3 is 4.74 Å². The minimum atomic E-state index is -0.183. The molecule has 0 saturated heterocycles. The van der Waals surface area contributed by atoms with Crippen LogP contribution in [0.3, 0.4) is 0 Å². The number of hydrogen-bond acceptors (Lipinski definition) is 6. The van der Waals surface area contributed by atoms with E-state index in [1.807, 2.05) is 13.1 Å². The topological polar surface area (TPSA) is 39.2 Å². The fourth-order valence-corrected chi connectivity index (χ4v) is 5.32. The summed E-state index contributed by atoms with van der Waals surface area (Å²) in [5.41, 5.74) is 3.69. The number of esters is 1. The highest BCUT2D eigenvalue weighted by Gasteiger charge is 2.29. The van der Waals surface area contributed by atoms with Crippen LogP contribution in [-0.4, -0.2) is 23.2 Å². The lowest BCUT2D eigenvalue weighted by Gasteiger charge is -2.13. The van der Waals surface area contributed by atoms with Crippen molar-refractivity contribution in [3.05, 3.63) is 22.2 Å². The predicted octanol–water partition coefficient (Wildman–Crippen LogP) is 3.87. The normalized spacial score (nSPS) is 12.9. The van der Waals surface area contributed by atoms with Crippen LogP contribution in [-0.2, 0) is 17.6 Å². The van der Waals surface area contributed by atoms with Crippen molar-refractivity contribution in [2.45, 2.75) is 24.0 Å². The molecule has 2 heterocycles. The number of rotatable bonds is 3. The number of thioether (sulfide) groups is 1. The van der Waals surface area contributed by atoms with Crippen molar-refractivity contribution in [3.63, 3.8) is 0 Å². The SMILES string of the molecule is CCOC(=O)c1sc(SC)c2c1CCc1cnsc1-2. The highest BCUT2D eigenvalue weighted by Crippen LogP contribution is 2.47. The molecule has 3 nitrogen and oxygen atoms in total. The van der Waals surface area contributed by atoms with Crippen molar-refractivity contribution in [1.82, 2.24) is 4.37 Å². The monoisotopic (exact) mass is 311 g/mol. The van der Waals surface area contributed by atoms with Crippen molar-refractivity contribution in [2.24, 2.45) is 0 Å². The molecule has 0 bridgehead atoms. The molecule has 0 aromatic carbocycles. The van der Waals surface area contributed by atoms with Crippen molar-refractivity contribution < 1.29 is 9.53 Å². The molecule has 0 radical (unpaired) electrons. The van der Waals surface area contributed by atoms with E-state index in [1.54, 1.807) is 23.1 Å². The maximum absolute atomic E-state index is 12.1. The number of aromatic nitrogens is 1. The van der Waals surface area contributed by atoms with E-state index in [1.165, 1.54) is 31.7 Å². The Balaban J connectivity index is 2.15. The molecule has 0 N–H and O–H groups in total. The van der Waals surface area contributed by atoms with Gasteiger partial charge in [-0.15, -0.1) is 23.1 Å². The summed E-state index contributed by atoms with van der Waals surface area (Å²) in [6.45, 7) is 2.26. The minimum Gasteiger partial charge on any atom is -0.462 e. The minimum absolute atomic E-state index is 0.183. The van der Waals surface area contributed by atoms with Crippen LogP contribution >= 0.6 is 34.6 Å². The molecule has 0 spiro atoms. The van der Waals surface area contributed by atoms with Crippen LogP contribution in [0.4, 0.5) is 0 Å². The third kappa shape index (κ3) is 2.11. The zero-order valence-electron chi connectivity index (χ0n) is 10.7. The molecular weight excluding hydrogens is 298 g/mol. The first-order valence-corrected chi connectivity index (χ1v) is 8.88. The summed E-state index contributed by atoms with van der Waals surface area (Å²) in [5, 5.41) is 0. The van der Waals surface area contributed by atoms with Gasteiger partial charge in [0, 0.05) is 11.8 Å². The van der Waals surface area contributed by atoms with E-state index in [9.17, 15) is 4.79 Å². The lowest BCUT2D eigenvalue weighted by atomic mass is 9.94. The molecule has 2 aromatic rings. The zero-order valence-corrected chi connectivity index (χ0v) is 13.1. The molecule has 0 aliphatic heterocycles. The van der Waals surface area contributed by atoms with E-state index in [2.05, 4.69) is 10.6 Å². The van der Waals surface area contributed by atoms with E-state index in [0.717, 1.165) is 23.3 Å². The molecule has 3 rings (SSSR count). The molecule has 6 heteroatoms. The van der Waals surface area contributed by atoms with Crippen LogP contribution in [0, 0.1) is 0 Å². The molecule has 19 heavy (non-hydrogen) atoms. The maximum Gasteiger partial charge on any atom is 0.348 e. The Labute approximate surface area is 124 Å². The van der Waals surface area contributed by atoms with Gasteiger partial charge in [-0.25, -0.2) is 9.17 Å². The number of thiophene rings is 1. The fraction of sp³-hybridized carbons (Fsp3) is 0.385. The Morgan fingerprint density at radius 2 is 2.37 bits per heavy atom.